The molecule has 2 heterocycles. The molecule has 2 aromatic rings. The summed E-state index contributed by atoms with van der Waals surface area (Å²) in [5, 5.41) is 7.50. The largest absolute Gasteiger partial charge is 0.314 e. The maximum Gasteiger partial charge on any atom is 0.110 e. The fourth-order valence-electron chi connectivity index (χ4n) is 2.64. The zero-order chi connectivity index (χ0) is 13.8. The van der Waals surface area contributed by atoms with Crippen molar-refractivity contribution in [3.05, 3.63) is 51.4 Å². The lowest BCUT2D eigenvalue weighted by molar-refractivity contribution is 0.172. The first-order valence-corrected chi connectivity index (χ1v) is 8.18. The Labute approximate surface area is 128 Å². The molecule has 0 amide bonds. The third-order valence-electron chi connectivity index (χ3n) is 3.70. The molecule has 20 heavy (non-hydrogen) atoms. The van der Waals surface area contributed by atoms with E-state index in [2.05, 4.69) is 32.7 Å². The van der Waals surface area contributed by atoms with Crippen molar-refractivity contribution < 1.29 is 0 Å². The standard InChI is InChI=1S/C15H18ClN3S/c16-13-4-2-1-3-12(13)11-14(15-18-7-10-20-15)19-8-5-17-6-9-19/h1-4,7,10,14,17H,5-6,8-9,11H2. The van der Waals surface area contributed by atoms with Gasteiger partial charge in [0, 0.05) is 42.8 Å². The molecule has 106 valence electrons. The van der Waals surface area contributed by atoms with Gasteiger partial charge >= 0.3 is 0 Å². The Morgan fingerprint density at radius 1 is 1.30 bits per heavy atom. The van der Waals surface area contributed by atoms with E-state index in [0.717, 1.165) is 37.6 Å². The number of hydrogen-bond donors (Lipinski definition) is 1. The van der Waals surface area contributed by atoms with Crippen LogP contribution >= 0.6 is 22.9 Å². The van der Waals surface area contributed by atoms with Gasteiger partial charge in [0.15, 0.2) is 0 Å². The van der Waals surface area contributed by atoms with Crippen molar-refractivity contribution in [2.24, 2.45) is 0 Å². The van der Waals surface area contributed by atoms with Crippen LogP contribution in [-0.4, -0.2) is 36.1 Å². The second-order valence-corrected chi connectivity index (χ2v) is 6.30. The summed E-state index contributed by atoms with van der Waals surface area (Å²) in [7, 11) is 0. The number of piperazine rings is 1. The molecule has 1 aliphatic rings. The molecule has 1 unspecified atom stereocenters. The predicted molar refractivity (Wildman–Crippen MR) is 84.5 cm³/mol. The molecule has 1 atom stereocenters. The highest BCUT2D eigenvalue weighted by Gasteiger charge is 2.24. The summed E-state index contributed by atoms with van der Waals surface area (Å²) in [5.41, 5.74) is 1.20. The van der Waals surface area contributed by atoms with E-state index in [0.29, 0.717) is 6.04 Å². The topological polar surface area (TPSA) is 28.2 Å². The number of aromatic nitrogens is 1. The molecule has 3 rings (SSSR count). The van der Waals surface area contributed by atoms with E-state index in [1.807, 2.05) is 18.3 Å². The second-order valence-electron chi connectivity index (χ2n) is 4.97. The van der Waals surface area contributed by atoms with Crippen molar-refractivity contribution in [2.75, 3.05) is 26.2 Å². The first-order chi connectivity index (χ1) is 9.84. The molecular weight excluding hydrogens is 290 g/mol. The van der Waals surface area contributed by atoms with Gasteiger partial charge in [0.1, 0.15) is 5.01 Å². The maximum absolute atomic E-state index is 6.32. The molecule has 0 bridgehead atoms. The molecule has 3 nitrogen and oxygen atoms in total. The Morgan fingerprint density at radius 2 is 2.10 bits per heavy atom. The van der Waals surface area contributed by atoms with E-state index in [4.69, 9.17) is 11.6 Å². The molecule has 0 saturated carbocycles. The fourth-order valence-corrected chi connectivity index (χ4v) is 3.62. The highest BCUT2D eigenvalue weighted by Crippen LogP contribution is 2.29. The first kappa shape index (κ1) is 14.0. The molecule has 5 heteroatoms. The number of benzene rings is 1. The third-order valence-corrected chi connectivity index (χ3v) is 4.95. The zero-order valence-corrected chi connectivity index (χ0v) is 12.8. The summed E-state index contributed by atoms with van der Waals surface area (Å²) < 4.78 is 0. The minimum absolute atomic E-state index is 0.331. The monoisotopic (exact) mass is 307 g/mol. The number of nitrogens with zero attached hydrogens (tertiary/aromatic N) is 2. The number of hydrogen-bond acceptors (Lipinski definition) is 4. The summed E-state index contributed by atoms with van der Waals surface area (Å²) in [5.74, 6) is 0. The minimum atomic E-state index is 0.331. The summed E-state index contributed by atoms with van der Waals surface area (Å²) in [6.07, 6.45) is 2.81. The Balaban J connectivity index is 1.84. The Kier molecular flexibility index (Phi) is 4.68. The maximum atomic E-state index is 6.32. The molecule has 0 radical (unpaired) electrons. The van der Waals surface area contributed by atoms with E-state index in [1.54, 1.807) is 11.3 Å². The molecule has 1 saturated heterocycles. The minimum Gasteiger partial charge on any atom is -0.314 e. The van der Waals surface area contributed by atoms with Crippen LogP contribution in [0.25, 0.3) is 0 Å². The first-order valence-electron chi connectivity index (χ1n) is 6.92. The fraction of sp³-hybridized carbons (Fsp3) is 0.400. The van der Waals surface area contributed by atoms with Crippen LogP contribution < -0.4 is 5.32 Å². The average Bonchev–Trinajstić information content (AvgIpc) is 3.01. The van der Waals surface area contributed by atoms with Gasteiger partial charge in [-0.15, -0.1) is 11.3 Å². The van der Waals surface area contributed by atoms with E-state index in [1.165, 1.54) is 10.6 Å². The SMILES string of the molecule is Clc1ccccc1CC(c1nccs1)N1CCNCC1. The molecule has 1 fully saturated rings. The smallest absolute Gasteiger partial charge is 0.110 e. The van der Waals surface area contributed by atoms with Crippen LogP contribution in [-0.2, 0) is 6.42 Å². The van der Waals surface area contributed by atoms with Gasteiger partial charge in [0.25, 0.3) is 0 Å². The lowest BCUT2D eigenvalue weighted by Crippen LogP contribution is -2.45. The van der Waals surface area contributed by atoms with Crippen LogP contribution in [0.5, 0.6) is 0 Å². The van der Waals surface area contributed by atoms with Crippen LogP contribution in [0.4, 0.5) is 0 Å². The van der Waals surface area contributed by atoms with E-state index in [-0.39, 0.29) is 0 Å². The number of rotatable bonds is 4. The van der Waals surface area contributed by atoms with Gasteiger partial charge in [-0.1, -0.05) is 29.8 Å². The van der Waals surface area contributed by atoms with Crippen LogP contribution in [0.1, 0.15) is 16.6 Å². The Hall–Kier alpha value is -0.940. The quantitative estimate of drug-likeness (QED) is 0.941. The van der Waals surface area contributed by atoms with Crippen LogP contribution in [0, 0.1) is 0 Å². The average molecular weight is 308 g/mol. The van der Waals surface area contributed by atoms with Crippen molar-refractivity contribution in [2.45, 2.75) is 12.5 Å². The highest BCUT2D eigenvalue weighted by atomic mass is 35.5. The van der Waals surface area contributed by atoms with Crippen LogP contribution in [0.15, 0.2) is 35.8 Å². The number of halogens is 1. The normalized spacial score (nSPS) is 18.1. The second kappa shape index (κ2) is 6.68. The molecule has 1 aromatic carbocycles. The van der Waals surface area contributed by atoms with Crippen LogP contribution in [0.2, 0.25) is 5.02 Å². The predicted octanol–water partition coefficient (Wildman–Crippen LogP) is 2.99. The molecule has 1 aromatic heterocycles. The lowest BCUT2D eigenvalue weighted by atomic mass is 10.0. The Morgan fingerprint density at radius 3 is 2.80 bits per heavy atom. The highest BCUT2D eigenvalue weighted by molar-refractivity contribution is 7.09. The van der Waals surface area contributed by atoms with Crippen LogP contribution in [0.3, 0.4) is 0 Å². The lowest BCUT2D eigenvalue weighted by Gasteiger charge is -2.34. The van der Waals surface area contributed by atoms with E-state index >= 15 is 0 Å². The summed E-state index contributed by atoms with van der Waals surface area (Å²) in [6, 6.07) is 8.45. The third kappa shape index (κ3) is 3.20. The van der Waals surface area contributed by atoms with Crippen molar-refractivity contribution in [1.29, 1.82) is 0 Å². The van der Waals surface area contributed by atoms with Crippen molar-refractivity contribution >= 4 is 22.9 Å². The summed E-state index contributed by atoms with van der Waals surface area (Å²) in [6.45, 7) is 4.22. The molecule has 1 aliphatic heterocycles. The molecular formula is C15H18ClN3S. The van der Waals surface area contributed by atoms with Gasteiger partial charge in [-0.2, -0.15) is 0 Å². The van der Waals surface area contributed by atoms with Gasteiger partial charge in [-0.25, -0.2) is 4.98 Å². The number of thiazole rings is 1. The van der Waals surface area contributed by atoms with Crippen molar-refractivity contribution in [3.8, 4) is 0 Å². The van der Waals surface area contributed by atoms with Gasteiger partial charge < -0.3 is 5.32 Å². The molecule has 1 N–H and O–H groups in total. The van der Waals surface area contributed by atoms with E-state index in [9.17, 15) is 0 Å². The Bertz CT molecular complexity index is 538. The van der Waals surface area contributed by atoms with E-state index < -0.39 is 0 Å². The van der Waals surface area contributed by atoms with Gasteiger partial charge in [-0.05, 0) is 18.1 Å². The van der Waals surface area contributed by atoms with Crippen molar-refractivity contribution in [1.82, 2.24) is 15.2 Å². The van der Waals surface area contributed by atoms with Gasteiger partial charge in [-0.3, -0.25) is 4.90 Å². The van der Waals surface area contributed by atoms with Gasteiger partial charge in [0.05, 0.1) is 6.04 Å². The summed E-state index contributed by atoms with van der Waals surface area (Å²) >= 11 is 8.05. The van der Waals surface area contributed by atoms with Gasteiger partial charge in [0.2, 0.25) is 0 Å². The summed E-state index contributed by atoms with van der Waals surface area (Å²) in [4.78, 5) is 7.04. The zero-order valence-electron chi connectivity index (χ0n) is 11.3. The molecule has 0 aliphatic carbocycles. The van der Waals surface area contributed by atoms with Crippen molar-refractivity contribution in [3.63, 3.8) is 0 Å². The number of nitrogens with one attached hydrogen (secondary N) is 1. The molecule has 0 spiro atoms.